The van der Waals surface area contributed by atoms with Gasteiger partial charge >= 0.3 is 12.6 Å². The first kappa shape index (κ1) is 15.0. The van der Waals surface area contributed by atoms with Gasteiger partial charge < -0.3 is 15.7 Å². The Bertz CT molecular complexity index is 633. The number of nitrogen functional groups attached to an aromatic ring is 1. The van der Waals surface area contributed by atoms with Crippen molar-refractivity contribution in [2.24, 2.45) is 0 Å². The summed E-state index contributed by atoms with van der Waals surface area (Å²) in [7, 11) is 0. The molecule has 0 aliphatic heterocycles. The van der Waals surface area contributed by atoms with Gasteiger partial charge in [-0.15, -0.1) is 10.2 Å². The summed E-state index contributed by atoms with van der Waals surface area (Å²) in [5, 5.41) is 16.4. The predicted molar refractivity (Wildman–Crippen MR) is 70.6 cm³/mol. The Morgan fingerprint density at radius 3 is 2.62 bits per heavy atom. The standard InChI is InChI=1S/C11H10F2N4O3S/c12-10(13)20-7-3-1-6(2-4-7)9-15-16-11(17(9)14)21-5-8(18)19/h1-4,10H,5,14H2,(H,18,19). The van der Waals surface area contributed by atoms with E-state index < -0.39 is 12.6 Å². The van der Waals surface area contributed by atoms with Crippen LogP contribution in [-0.2, 0) is 4.79 Å². The highest BCUT2D eigenvalue weighted by Crippen LogP contribution is 2.24. The van der Waals surface area contributed by atoms with Crippen LogP contribution < -0.4 is 10.6 Å². The van der Waals surface area contributed by atoms with Crippen molar-refractivity contribution < 1.29 is 23.4 Å². The number of carboxylic acid groups (broad SMARTS) is 1. The van der Waals surface area contributed by atoms with Gasteiger partial charge in [0.25, 0.3) is 0 Å². The molecule has 0 amide bonds. The Morgan fingerprint density at radius 1 is 1.38 bits per heavy atom. The third-order valence-corrected chi connectivity index (χ3v) is 3.25. The lowest BCUT2D eigenvalue weighted by Gasteiger charge is -2.06. The van der Waals surface area contributed by atoms with E-state index in [0.717, 1.165) is 16.4 Å². The molecule has 1 aromatic heterocycles. The fourth-order valence-corrected chi connectivity index (χ4v) is 2.06. The summed E-state index contributed by atoms with van der Waals surface area (Å²) in [4.78, 5) is 10.5. The van der Waals surface area contributed by atoms with Crippen molar-refractivity contribution >= 4 is 17.7 Å². The van der Waals surface area contributed by atoms with Crippen LogP contribution in [0.3, 0.4) is 0 Å². The molecule has 0 radical (unpaired) electrons. The van der Waals surface area contributed by atoms with Gasteiger partial charge in [-0.1, -0.05) is 11.8 Å². The maximum atomic E-state index is 12.0. The van der Waals surface area contributed by atoms with Crippen molar-refractivity contribution in [1.29, 1.82) is 0 Å². The lowest BCUT2D eigenvalue weighted by atomic mass is 10.2. The third kappa shape index (κ3) is 3.81. The van der Waals surface area contributed by atoms with Crippen molar-refractivity contribution in [3.8, 4) is 17.1 Å². The highest BCUT2D eigenvalue weighted by Gasteiger charge is 2.13. The SMILES string of the molecule is Nn1c(SCC(=O)O)nnc1-c1ccc(OC(F)F)cc1. The molecule has 0 spiro atoms. The molecule has 0 saturated heterocycles. The third-order valence-electron chi connectivity index (χ3n) is 2.33. The predicted octanol–water partition coefficient (Wildman–Crippen LogP) is 1.44. The maximum Gasteiger partial charge on any atom is 0.387 e. The molecule has 0 bridgehead atoms. The molecule has 21 heavy (non-hydrogen) atoms. The van der Waals surface area contributed by atoms with E-state index in [1.807, 2.05) is 0 Å². The molecule has 7 nitrogen and oxygen atoms in total. The van der Waals surface area contributed by atoms with Crippen LogP contribution in [0.2, 0.25) is 0 Å². The zero-order valence-electron chi connectivity index (χ0n) is 10.4. The topological polar surface area (TPSA) is 103 Å². The number of carbonyl (C=O) groups is 1. The summed E-state index contributed by atoms with van der Waals surface area (Å²) < 4.78 is 29.4. The molecular weight excluding hydrogens is 306 g/mol. The van der Waals surface area contributed by atoms with Gasteiger partial charge in [0.05, 0.1) is 5.75 Å². The molecule has 0 fully saturated rings. The number of aliphatic carboxylic acids is 1. The van der Waals surface area contributed by atoms with E-state index in [9.17, 15) is 13.6 Å². The molecule has 3 N–H and O–H groups in total. The van der Waals surface area contributed by atoms with Gasteiger partial charge in [-0.2, -0.15) is 8.78 Å². The Morgan fingerprint density at radius 2 is 2.05 bits per heavy atom. The molecule has 1 heterocycles. The minimum Gasteiger partial charge on any atom is -0.481 e. The van der Waals surface area contributed by atoms with Gasteiger partial charge in [0.15, 0.2) is 5.82 Å². The summed E-state index contributed by atoms with van der Waals surface area (Å²) in [6.45, 7) is -2.90. The minimum absolute atomic E-state index is 0.0114. The summed E-state index contributed by atoms with van der Waals surface area (Å²) in [5.41, 5.74) is 0.536. The van der Waals surface area contributed by atoms with Gasteiger partial charge in [-0.05, 0) is 24.3 Å². The van der Waals surface area contributed by atoms with E-state index in [-0.39, 0.29) is 22.5 Å². The number of carboxylic acids is 1. The first-order chi connectivity index (χ1) is 9.97. The van der Waals surface area contributed by atoms with E-state index >= 15 is 0 Å². The average Bonchev–Trinajstić information content (AvgIpc) is 2.78. The minimum atomic E-state index is -2.90. The zero-order valence-corrected chi connectivity index (χ0v) is 11.3. The number of thioether (sulfide) groups is 1. The van der Waals surface area contributed by atoms with E-state index in [1.165, 1.54) is 24.3 Å². The molecule has 1 aromatic carbocycles. The van der Waals surface area contributed by atoms with Crippen LogP contribution >= 0.6 is 11.8 Å². The Hall–Kier alpha value is -2.36. The monoisotopic (exact) mass is 316 g/mol. The number of alkyl halides is 2. The number of rotatable bonds is 6. The highest BCUT2D eigenvalue weighted by atomic mass is 32.2. The fourth-order valence-electron chi connectivity index (χ4n) is 1.48. The molecule has 10 heteroatoms. The Balaban J connectivity index is 2.16. The average molecular weight is 316 g/mol. The Kier molecular flexibility index (Phi) is 4.58. The molecule has 0 aliphatic rings. The van der Waals surface area contributed by atoms with Crippen molar-refractivity contribution in [3.05, 3.63) is 24.3 Å². The molecule has 0 aliphatic carbocycles. The van der Waals surface area contributed by atoms with Crippen LogP contribution in [0.5, 0.6) is 5.75 Å². The van der Waals surface area contributed by atoms with Gasteiger partial charge in [0, 0.05) is 5.56 Å². The van der Waals surface area contributed by atoms with Crippen LogP contribution in [-0.4, -0.2) is 38.3 Å². The second-order valence-electron chi connectivity index (χ2n) is 3.76. The number of hydrogen-bond acceptors (Lipinski definition) is 6. The molecule has 2 aromatic rings. The van der Waals surface area contributed by atoms with Crippen molar-refractivity contribution in [3.63, 3.8) is 0 Å². The number of hydrogen-bond donors (Lipinski definition) is 2. The first-order valence-electron chi connectivity index (χ1n) is 5.57. The smallest absolute Gasteiger partial charge is 0.387 e. The summed E-state index contributed by atoms with van der Waals surface area (Å²) >= 11 is 0.923. The van der Waals surface area contributed by atoms with Crippen LogP contribution in [0.15, 0.2) is 29.4 Å². The normalized spacial score (nSPS) is 10.8. The molecule has 0 saturated carbocycles. The Labute approximate surface area is 121 Å². The lowest BCUT2D eigenvalue weighted by Crippen LogP contribution is -2.12. The molecule has 0 atom stereocenters. The van der Waals surface area contributed by atoms with E-state index in [2.05, 4.69) is 14.9 Å². The van der Waals surface area contributed by atoms with Gasteiger partial charge in [-0.25, -0.2) is 4.68 Å². The number of nitrogens with zero attached hydrogens (tertiary/aromatic N) is 3. The van der Waals surface area contributed by atoms with Crippen molar-refractivity contribution in [1.82, 2.24) is 14.9 Å². The number of ether oxygens (including phenoxy) is 1. The zero-order chi connectivity index (χ0) is 15.4. The van der Waals surface area contributed by atoms with Crippen LogP contribution in [0, 0.1) is 0 Å². The van der Waals surface area contributed by atoms with Crippen molar-refractivity contribution in [2.75, 3.05) is 11.6 Å². The maximum absolute atomic E-state index is 12.0. The second-order valence-corrected chi connectivity index (χ2v) is 4.70. The fraction of sp³-hybridized carbons (Fsp3) is 0.182. The molecule has 112 valence electrons. The van der Waals surface area contributed by atoms with Crippen LogP contribution in [0.25, 0.3) is 11.4 Å². The van der Waals surface area contributed by atoms with E-state index in [0.29, 0.717) is 5.56 Å². The highest BCUT2D eigenvalue weighted by molar-refractivity contribution is 7.99. The summed E-state index contributed by atoms with van der Waals surface area (Å²) in [5.74, 6) is 4.86. The summed E-state index contributed by atoms with van der Waals surface area (Å²) in [6, 6.07) is 5.69. The number of aromatic nitrogens is 3. The van der Waals surface area contributed by atoms with Crippen LogP contribution in [0.1, 0.15) is 0 Å². The van der Waals surface area contributed by atoms with Crippen LogP contribution in [0.4, 0.5) is 8.78 Å². The van der Waals surface area contributed by atoms with Gasteiger partial charge in [0.1, 0.15) is 5.75 Å². The quantitative estimate of drug-likeness (QED) is 0.614. The second kappa shape index (κ2) is 6.39. The van der Waals surface area contributed by atoms with E-state index in [4.69, 9.17) is 10.9 Å². The number of nitrogens with two attached hydrogens (primary N) is 1. The first-order valence-corrected chi connectivity index (χ1v) is 6.56. The largest absolute Gasteiger partial charge is 0.481 e. The van der Waals surface area contributed by atoms with E-state index in [1.54, 1.807) is 0 Å². The molecule has 0 unspecified atom stereocenters. The van der Waals surface area contributed by atoms with Gasteiger partial charge in [0.2, 0.25) is 5.16 Å². The molecule has 2 rings (SSSR count). The number of halogens is 2. The molecular formula is C11H10F2N4O3S. The van der Waals surface area contributed by atoms with Crippen molar-refractivity contribution in [2.45, 2.75) is 11.8 Å². The van der Waals surface area contributed by atoms with Gasteiger partial charge in [-0.3, -0.25) is 4.79 Å². The number of benzene rings is 1. The summed E-state index contributed by atoms with van der Waals surface area (Å²) in [6.07, 6.45) is 0. The lowest BCUT2D eigenvalue weighted by molar-refractivity contribution is -0.133.